The van der Waals surface area contributed by atoms with Gasteiger partial charge in [0.05, 0.1) is 13.7 Å². The third kappa shape index (κ3) is 6.20. The zero-order chi connectivity index (χ0) is 15.4. The molecule has 1 atom stereocenters. The van der Waals surface area contributed by atoms with Crippen LogP contribution >= 0.6 is 0 Å². The Morgan fingerprint density at radius 2 is 1.70 bits per heavy atom. The van der Waals surface area contributed by atoms with Crippen LogP contribution in [0.5, 0.6) is 0 Å². The van der Waals surface area contributed by atoms with Crippen LogP contribution in [-0.2, 0) is 6.54 Å². The van der Waals surface area contributed by atoms with Crippen LogP contribution in [-0.4, -0.2) is 25.3 Å². The van der Waals surface area contributed by atoms with Gasteiger partial charge in [-0.1, -0.05) is 62.9 Å². The van der Waals surface area contributed by atoms with Crippen LogP contribution < -0.4 is 10.5 Å². The molecule has 0 spiro atoms. The Morgan fingerprint density at radius 3 is 2.15 bits per heavy atom. The van der Waals surface area contributed by atoms with Gasteiger partial charge in [-0.3, -0.25) is 0 Å². The van der Waals surface area contributed by atoms with Crippen LogP contribution in [0, 0.1) is 5.92 Å². The van der Waals surface area contributed by atoms with Crippen molar-refractivity contribution in [1.29, 1.82) is 0 Å². The SMILES string of the molecule is CC(C)CC(C)(O)CNCc1ccc([Si](C)(C)C)cc1. The van der Waals surface area contributed by atoms with Crippen molar-refractivity contribution in [2.24, 2.45) is 5.92 Å². The maximum Gasteiger partial charge on any atom is 0.0775 e. The summed E-state index contributed by atoms with van der Waals surface area (Å²) in [6.07, 6.45) is 0.828. The summed E-state index contributed by atoms with van der Waals surface area (Å²) >= 11 is 0. The largest absolute Gasteiger partial charge is 0.389 e. The van der Waals surface area contributed by atoms with E-state index in [1.54, 1.807) is 0 Å². The highest BCUT2D eigenvalue weighted by atomic mass is 28.3. The lowest BCUT2D eigenvalue weighted by Gasteiger charge is -2.25. The fourth-order valence-electron chi connectivity index (χ4n) is 2.55. The molecule has 0 aliphatic heterocycles. The lowest BCUT2D eigenvalue weighted by molar-refractivity contribution is 0.0383. The maximum atomic E-state index is 10.3. The van der Waals surface area contributed by atoms with Gasteiger partial charge in [0.2, 0.25) is 0 Å². The number of rotatable bonds is 7. The standard InChI is InChI=1S/C17H31NOSi/c1-14(2)11-17(3,19)13-18-12-15-7-9-16(10-8-15)20(4,5)6/h7-10,14,18-19H,11-13H2,1-6H3. The maximum absolute atomic E-state index is 10.3. The van der Waals surface area contributed by atoms with Gasteiger partial charge >= 0.3 is 0 Å². The van der Waals surface area contributed by atoms with Gasteiger partial charge in [0.25, 0.3) is 0 Å². The smallest absolute Gasteiger partial charge is 0.0775 e. The van der Waals surface area contributed by atoms with Crippen LogP contribution in [0.4, 0.5) is 0 Å². The minimum Gasteiger partial charge on any atom is -0.389 e. The first kappa shape index (κ1) is 17.4. The average Bonchev–Trinajstić information content (AvgIpc) is 2.26. The number of hydrogen-bond acceptors (Lipinski definition) is 2. The van der Waals surface area contributed by atoms with Crippen molar-refractivity contribution in [2.75, 3.05) is 6.54 Å². The molecule has 1 aromatic carbocycles. The normalized spacial score (nSPS) is 15.4. The number of hydrogen-bond donors (Lipinski definition) is 2. The summed E-state index contributed by atoms with van der Waals surface area (Å²) in [6, 6.07) is 8.93. The summed E-state index contributed by atoms with van der Waals surface area (Å²) in [5.41, 5.74) is 0.666. The fourth-order valence-corrected chi connectivity index (χ4v) is 3.72. The summed E-state index contributed by atoms with van der Waals surface area (Å²) in [5, 5.41) is 15.1. The molecule has 2 N–H and O–H groups in total. The molecule has 3 heteroatoms. The molecule has 0 fully saturated rings. The van der Waals surface area contributed by atoms with Crippen molar-refractivity contribution in [3.8, 4) is 0 Å². The lowest BCUT2D eigenvalue weighted by Crippen LogP contribution is -2.39. The molecule has 0 saturated carbocycles. The molecule has 2 nitrogen and oxygen atoms in total. The van der Waals surface area contributed by atoms with Crippen LogP contribution in [0.3, 0.4) is 0 Å². The third-order valence-corrected chi connectivity index (χ3v) is 5.57. The Morgan fingerprint density at radius 1 is 1.15 bits per heavy atom. The second-order valence-electron chi connectivity index (χ2n) is 7.65. The molecule has 114 valence electrons. The second kappa shape index (κ2) is 6.88. The van der Waals surface area contributed by atoms with E-state index in [2.05, 4.69) is 63.1 Å². The van der Waals surface area contributed by atoms with Crippen molar-refractivity contribution in [2.45, 2.75) is 59.0 Å². The van der Waals surface area contributed by atoms with Crippen molar-refractivity contribution < 1.29 is 5.11 Å². The Hall–Kier alpha value is -0.643. The molecule has 1 rings (SSSR count). The predicted molar refractivity (Wildman–Crippen MR) is 91.2 cm³/mol. The molecular formula is C17H31NOSi. The fraction of sp³-hybridized carbons (Fsp3) is 0.647. The van der Waals surface area contributed by atoms with Crippen molar-refractivity contribution in [3.63, 3.8) is 0 Å². The third-order valence-electron chi connectivity index (χ3n) is 3.50. The van der Waals surface area contributed by atoms with E-state index in [0.29, 0.717) is 12.5 Å². The molecular weight excluding hydrogens is 262 g/mol. The molecule has 0 saturated heterocycles. The molecule has 0 bridgehead atoms. The van der Waals surface area contributed by atoms with E-state index < -0.39 is 13.7 Å². The highest BCUT2D eigenvalue weighted by molar-refractivity contribution is 6.88. The average molecular weight is 294 g/mol. The van der Waals surface area contributed by atoms with E-state index in [9.17, 15) is 5.11 Å². The zero-order valence-corrected chi connectivity index (χ0v) is 15.0. The Kier molecular flexibility index (Phi) is 5.99. The highest BCUT2D eigenvalue weighted by Crippen LogP contribution is 2.15. The van der Waals surface area contributed by atoms with E-state index in [1.807, 2.05) is 6.92 Å². The van der Waals surface area contributed by atoms with E-state index in [4.69, 9.17) is 0 Å². The van der Waals surface area contributed by atoms with E-state index in [0.717, 1.165) is 13.0 Å². The van der Waals surface area contributed by atoms with Gasteiger partial charge < -0.3 is 10.4 Å². The van der Waals surface area contributed by atoms with Gasteiger partial charge in [-0.2, -0.15) is 0 Å². The van der Waals surface area contributed by atoms with Crippen molar-refractivity contribution in [1.82, 2.24) is 5.32 Å². The van der Waals surface area contributed by atoms with Crippen LogP contribution in [0.25, 0.3) is 0 Å². The number of aliphatic hydroxyl groups is 1. The molecule has 1 unspecified atom stereocenters. The van der Waals surface area contributed by atoms with Gasteiger partial charge in [-0.25, -0.2) is 0 Å². The van der Waals surface area contributed by atoms with Gasteiger partial charge in [0, 0.05) is 13.1 Å². The number of nitrogens with one attached hydrogen (secondary N) is 1. The monoisotopic (exact) mass is 293 g/mol. The Balaban J connectivity index is 2.47. The topological polar surface area (TPSA) is 32.3 Å². The first-order valence-corrected chi connectivity index (χ1v) is 11.1. The summed E-state index contributed by atoms with van der Waals surface area (Å²) in [5.74, 6) is 0.517. The Labute approximate surface area is 125 Å². The van der Waals surface area contributed by atoms with E-state index in [-0.39, 0.29) is 0 Å². The van der Waals surface area contributed by atoms with Crippen molar-refractivity contribution >= 4 is 13.3 Å². The second-order valence-corrected chi connectivity index (χ2v) is 12.7. The van der Waals surface area contributed by atoms with Gasteiger partial charge in [-0.05, 0) is 24.8 Å². The summed E-state index contributed by atoms with van der Waals surface area (Å²) in [7, 11) is -1.20. The highest BCUT2D eigenvalue weighted by Gasteiger charge is 2.21. The first-order valence-electron chi connectivity index (χ1n) is 7.63. The minimum absolute atomic E-state index is 0.517. The molecule has 0 aliphatic carbocycles. The molecule has 0 aliphatic rings. The van der Waals surface area contributed by atoms with Gasteiger partial charge in [-0.15, -0.1) is 0 Å². The van der Waals surface area contributed by atoms with E-state index >= 15 is 0 Å². The number of benzene rings is 1. The summed E-state index contributed by atoms with van der Waals surface area (Å²) < 4.78 is 0. The first-order chi connectivity index (χ1) is 9.10. The van der Waals surface area contributed by atoms with Gasteiger partial charge in [0.1, 0.15) is 0 Å². The molecule has 0 heterocycles. The summed E-state index contributed by atoms with van der Waals surface area (Å²) in [4.78, 5) is 0. The lowest BCUT2D eigenvalue weighted by atomic mass is 9.94. The van der Waals surface area contributed by atoms with Gasteiger partial charge in [0.15, 0.2) is 0 Å². The molecule has 20 heavy (non-hydrogen) atoms. The molecule has 0 amide bonds. The van der Waals surface area contributed by atoms with Crippen LogP contribution in [0.15, 0.2) is 24.3 Å². The predicted octanol–water partition coefficient (Wildman–Crippen LogP) is 3.12. The zero-order valence-electron chi connectivity index (χ0n) is 14.0. The van der Waals surface area contributed by atoms with E-state index in [1.165, 1.54) is 10.8 Å². The molecule has 0 aromatic heterocycles. The quantitative estimate of drug-likeness (QED) is 0.757. The van der Waals surface area contributed by atoms with Crippen LogP contribution in [0.1, 0.15) is 32.8 Å². The molecule has 1 aromatic rings. The Bertz CT molecular complexity index is 404. The summed E-state index contributed by atoms with van der Waals surface area (Å²) in [6.45, 7) is 14.7. The minimum atomic E-state index is -1.20. The molecule has 0 radical (unpaired) electrons. The van der Waals surface area contributed by atoms with Crippen LogP contribution in [0.2, 0.25) is 19.6 Å². The van der Waals surface area contributed by atoms with Crippen molar-refractivity contribution in [3.05, 3.63) is 29.8 Å².